The van der Waals surface area contributed by atoms with E-state index in [-0.39, 0.29) is 28.9 Å². The molecule has 6 nitrogen and oxygen atoms in total. The van der Waals surface area contributed by atoms with E-state index < -0.39 is 0 Å². The normalized spacial score (nSPS) is 28.4. The molecular formula is C20H28N2O4. The van der Waals surface area contributed by atoms with E-state index in [1.54, 1.807) is 7.11 Å². The summed E-state index contributed by atoms with van der Waals surface area (Å²) in [5.74, 6) is 1.63. The minimum Gasteiger partial charge on any atom is -0.493 e. The van der Waals surface area contributed by atoms with E-state index in [1.807, 2.05) is 12.1 Å². The van der Waals surface area contributed by atoms with Crippen molar-refractivity contribution in [1.82, 2.24) is 4.90 Å². The lowest BCUT2D eigenvalue weighted by molar-refractivity contribution is -0.199. The molecule has 0 aromatic heterocycles. The second-order valence-electron chi connectivity index (χ2n) is 8.55. The first-order valence-corrected chi connectivity index (χ1v) is 9.32. The monoisotopic (exact) mass is 360 g/mol. The van der Waals surface area contributed by atoms with Gasteiger partial charge in [0.05, 0.1) is 19.8 Å². The van der Waals surface area contributed by atoms with Crippen LogP contribution in [0.5, 0.6) is 11.5 Å². The number of nitrogens with two attached hydrogens (primary N) is 1. The lowest BCUT2D eigenvalue weighted by atomic mass is 9.64. The third kappa shape index (κ3) is 2.85. The van der Waals surface area contributed by atoms with E-state index in [0.717, 1.165) is 49.7 Å². The van der Waals surface area contributed by atoms with E-state index in [0.29, 0.717) is 6.42 Å². The fraction of sp³-hybridized carbons (Fsp3) is 0.650. The number of para-hydroxylation sites is 1. The Hall–Kier alpha value is -1.79. The maximum Gasteiger partial charge on any atom is 0.218 e. The number of hydrogen-bond acceptors (Lipinski definition) is 5. The molecule has 0 unspecified atom stereocenters. The number of ether oxygens (including phenoxy) is 3. The summed E-state index contributed by atoms with van der Waals surface area (Å²) in [6.45, 7) is 7.70. The summed E-state index contributed by atoms with van der Waals surface area (Å²) in [6, 6.07) is 6.02. The quantitative estimate of drug-likeness (QED) is 0.890. The van der Waals surface area contributed by atoms with Crippen molar-refractivity contribution in [3.63, 3.8) is 0 Å². The minimum absolute atomic E-state index is 0.0362. The summed E-state index contributed by atoms with van der Waals surface area (Å²) >= 11 is 0. The maximum absolute atomic E-state index is 11.0. The van der Waals surface area contributed by atoms with Gasteiger partial charge < -0.3 is 24.8 Å². The number of methoxy groups -OCH3 is 1. The third-order valence-electron chi connectivity index (χ3n) is 6.17. The molecule has 26 heavy (non-hydrogen) atoms. The Bertz CT molecular complexity index is 712. The number of likely N-dealkylation sites (tertiary alicyclic amines) is 1. The summed E-state index contributed by atoms with van der Waals surface area (Å²) in [5, 5.41) is 0. The molecule has 2 atom stereocenters. The predicted octanol–water partition coefficient (Wildman–Crippen LogP) is 2.12. The number of hydrogen-bond donors (Lipinski definition) is 1. The summed E-state index contributed by atoms with van der Waals surface area (Å²) in [7, 11) is 1.67. The lowest BCUT2D eigenvalue weighted by Gasteiger charge is -2.58. The molecule has 1 aromatic carbocycles. The highest BCUT2D eigenvalue weighted by molar-refractivity contribution is 5.73. The fourth-order valence-electron chi connectivity index (χ4n) is 4.85. The molecule has 6 heteroatoms. The maximum atomic E-state index is 11.0. The summed E-state index contributed by atoms with van der Waals surface area (Å²) in [4.78, 5) is 13.3. The second-order valence-corrected chi connectivity index (χ2v) is 8.55. The van der Waals surface area contributed by atoms with Crippen LogP contribution in [0.25, 0.3) is 0 Å². The molecule has 1 aromatic rings. The Morgan fingerprint density at radius 3 is 2.85 bits per heavy atom. The molecule has 3 aliphatic rings. The predicted molar refractivity (Wildman–Crippen MR) is 97.2 cm³/mol. The number of benzene rings is 1. The number of primary amides is 1. The number of amides is 1. The number of rotatable bonds is 4. The molecule has 142 valence electrons. The van der Waals surface area contributed by atoms with Gasteiger partial charge in [-0.05, 0) is 26.3 Å². The van der Waals surface area contributed by atoms with Crippen LogP contribution in [0.15, 0.2) is 18.2 Å². The number of nitrogens with zero attached hydrogens (tertiary/aromatic N) is 1. The van der Waals surface area contributed by atoms with Crippen LogP contribution in [0, 0.1) is 11.3 Å². The van der Waals surface area contributed by atoms with Crippen LogP contribution in [0.3, 0.4) is 0 Å². The Morgan fingerprint density at radius 1 is 1.38 bits per heavy atom. The van der Waals surface area contributed by atoms with Crippen molar-refractivity contribution in [2.45, 2.75) is 38.4 Å². The van der Waals surface area contributed by atoms with Crippen molar-refractivity contribution in [3.8, 4) is 11.5 Å². The molecule has 3 aliphatic heterocycles. The highest BCUT2D eigenvalue weighted by Gasteiger charge is 2.56. The molecule has 0 radical (unpaired) electrons. The number of fused-ring (bicyclic) bond motifs is 3. The van der Waals surface area contributed by atoms with Crippen LogP contribution in [0.4, 0.5) is 0 Å². The number of carbonyl (C=O) groups excluding carboxylic acids is 1. The largest absolute Gasteiger partial charge is 0.493 e. The van der Waals surface area contributed by atoms with Gasteiger partial charge in [0, 0.05) is 43.0 Å². The van der Waals surface area contributed by atoms with Gasteiger partial charge >= 0.3 is 0 Å². The molecule has 0 saturated carbocycles. The van der Waals surface area contributed by atoms with Crippen LogP contribution < -0.4 is 15.2 Å². The molecule has 3 heterocycles. The van der Waals surface area contributed by atoms with Crippen LogP contribution in [0.2, 0.25) is 0 Å². The van der Waals surface area contributed by atoms with E-state index in [4.69, 9.17) is 19.9 Å². The average molecular weight is 360 g/mol. The lowest BCUT2D eigenvalue weighted by Crippen LogP contribution is -2.64. The Morgan fingerprint density at radius 2 is 2.15 bits per heavy atom. The smallest absolute Gasteiger partial charge is 0.218 e. The number of carbonyl (C=O) groups is 1. The molecule has 2 N–H and O–H groups in total. The molecule has 0 bridgehead atoms. The van der Waals surface area contributed by atoms with Crippen LogP contribution in [0.1, 0.15) is 38.4 Å². The van der Waals surface area contributed by atoms with Gasteiger partial charge in [-0.25, -0.2) is 0 Å². The van der Waals surface area contributed by atoms with Gasteiger partial charge in [0.15, 0.2) is 11.5 Å². The van der Waals surface area contributed by atoms with Crippen molar-refractivity contribution in [2.24, 2.45) is 17.1 Å². The minimum atomic E-state index is -0.326. The van der Waals surface area contributed by atoms with E-state index in [1.165, 1.54) is 0 Å². The molecule has 0 aliphatic carbocycles. The molecule has 2 saturated heterocycles. The van der Waals surface area contributed by atoms with E-state index in [2.05, 4.69) is 24.8 Å². The Labute approximate surface area is 154 Å². The first-order valence-electron chi connectivity index (χ1n) is 9.32. The second kappa shape index (κ2) is 6.13. The summed E-state index contributed by atoms with van der Waals surface area (Å²) < 4.78 is 18.3. The van der Waals surface area contributed by atoms with Crippen molar-refractivity contribution in [3.05, 3.63) is 23.8 Å². The van der Waals surface area contributed by atoms with E-state index in [9.17, 15) is 4.79 Å². The zero-order chi connectivity index (χ0) is 18.5. The van der Waals surface area contributed by atoms with Gasteiger partial charge in [0.1, 0.15) is 5.60 Å². The first-order chi connectivity index (χ1) is 12.3. The summed E-state index contributed by atoms with van der Waals surface area (Å²) in [5.41, 5.74) is 6.19. The van der Waals surface area contributed by atoms with Crippen LogP contribution >= 0.6 is 0 Å². The molecule has 1 amide bonds. The van der Waals surface area contributed by atoms with Crippen molar-refractivity contribution >= 4 is 5.91 Å². The molecular weight excluding hydrogens is 332 g/mol. The highest BCUT2D eigenvalue weighted by Crippen LogP contribution is 2.56. The first kappa shape index (κ1) is 17.6. The zero-order valence-electron chi connectivity index (χ0n) is 15.8. The standard InChI is InChI=1S/C20H28N2O4/c1-19(2)14-9-20(10-22(11-20)8-7-16(21)23)12-25-17(14)13-5-4-6-15(24-3)18(13)26-19/h4-6,14,17H,7-12H2,1-3H3,(H2,21,23)/t14-,17+/m0/s1. The van der Waals surface area contributed by atoms with Crippen molar-refractivity contribution in [2.75, 3.05) is 33.4 Å². The van der Waals surface area contributed by atoms with Crippen LogP contribution in [-0.2, 0) is 9.53 Å². The van der Waals surface area contributed by atoms with Gasteiger partial charge in [-0.15, -0.1) is 0 Å². The highest BCUT2D eigenvalue weighted by atomic mass is 16.5. The molecule has 1 spiro atoms. The van der Waals surface area contributed by atoms with Crippen LogP contribution in [-0.4, -0.2) is 49.8 Å². The van der Waals surface area contributed by atoms with E-state index >= 15 is 0 Å². The summed E-state index contributed by atoms with van der Waals surface area (Å²) in [6.07, 6.45) is 1.52. The topological polar surface area (TPSA) is 74.0 Å². The fourth-order valence-corrected chi connectivity index (χ4v) is 4.85. The zero-order valence-corrected chi connectivity index (χ0v) is 15.8. The van der Waals surface area contributed by atoms with Crippen molar-refractivity contribution < 1.29 is 19.0 Å². The third-order valence-corrected chi connectivity index (χ3v) is 6.17. The van der Waals surface area contributed by atoms with Gasteiger partial charge in [-0.2, -0.15) is 0 Å². The molecule has 4 rings (SSSR count). The average Bonchev–Trinajstić information content (AvgIpc) is 2.57. The van der Waals surface area contributed by atoms with Gasteiger partial charge in [0.2, 0.25) is 5.91 Å². The van der Waals surface area contributed by atoms with Gasteiger partial charge in [0.25, 0.3) is 0 Å². The Balaban J connectivity index is 1.52. The van der Waals surface area contributed by atoms with Gasteiger partial charge in [-0.1, -0.05) is 12.1 Å². The Kier molecular flexibility index (Phi) is 4.15. The SMILES string of the molecule is COc1cccc2c1OC(C)(C)[C@H]1CC3(CO[C@H]21)CN(CCC(N)=O)C3. The molecule has 2 fully saturated rings. The van der Waals surface area contributed by atoms with Crippen molar-refractivity contribution in [1.29, 1.82) is 0 Å². The van der Waals surface area contributed by atoms with Gasteiger partial charge in [-0.3, -0.25) is 4.79 Å².